The summed E-state index contributed by atoms with van der Waals surface area (Å²) in [5, 5.41) is 3.32. The van der Waals surface area contributed by atoms with Crippen LogP contribution in [-0.4, -0.2) is 16.3 Å². The van der Waals surface area contributed by atoms with Crippen LogP contribution in [0, 0.1) is 5.82 Å². The largest absolute Gasteiger partial charge is 0.489 e. The van der Waals surface area contributed by atoms with Crippen molar-refractivity contribution in [1.82, 2.24) is 15.0 Å². The zero-order valence-electron chi connectivity index (χ0n) is 16.3. The average Bonchev–Trinajstić information content (AvgIpc) is 2.74. The molecule has 29 heavy (non-hydrogen) atoms. The van der Waals surface area contributed by atoms with Crippen molar-refractivity contribution in [2.45, 2.75) is 33.1 Å². The van der Waals surface area contributed by atoms with Gasteiger partial charge in [0, 0.05) is 24.9 Å². The number of aromatic nitrogens is 2. The number of hydrogen-bond donors (Lipinski definition) is 1. The van der Waals surface area contributed by atoms with Crippen LogP contribution in [0.4, 0.5) is 4.39 Å². The fourth-order valence-corrected chi connectivity index (χ4v) is 2.58. The number of nitrogens with zero attached hydrogens (tertiary/aromatic N) is 2. The topological polar surface area (TPSA) is 65.4 Å². The van der Waals surface area contributed by atoms with Gasteiger partial charge in [0.15, 0.2) is 6.61 Å². The van der Waals surface area contributed by atoms with E-state index in [2.05, 4.69) is 17.2 Å². The fourth-order valence-electron chi connectivity index (χ4n) is 2.58. The normalized spacial score (nSPS) is 10.7. The van der Waals surface area contributed by atoms with Gasteiger partial charge in [0.25, 0.3) is 5.56 Å². The molecule has 2 aromatic heterocycles. The van der Waals surface area contributed by atoms with Crippen molar-refractivity contribution in [3.8, 4) is 5.75 Å². The molecule has 7 heteroatoms. The number of benzene rings is 1. The summed E-state index contributed by atoms with van der Waals surface area (Å²) >= 11 is 0. The minimum atomic E-state index is -0.345. The number of nitrogens with one attached hydrogen (secondary N) is 1. The second kappa shape index (κ2) is 10.4. The van der Waals surface area contributed by atoms with E-state index in [4.69, 9.17) is 9.57 Å². The summed E-state index contributed by atoms with van der Waals surface area (Å²) in [5.74, 6) is 0.118. The van der Waals surface area contributed by atoms with Crippen molar-refractivity contribution >= 4 is 0 Å². The summed E-state index contributed by atoms with van der Waals surface area (Å²) in [6.07, 6.45) is 4.39. The third-order valence-corrected chi connectivity index (χ3v) is 4.17. The summed E-state index contributed by atoms with van der Waals surface area (Å²) in [6, 6.07) is 12.9. The zero-order chi connectivity index (χ0) is 20.5. The monoisotopic (exact) mass is 397 g/mol. The Kier molecular flexibility index (Phi) is 7.35. The predicted octanol–water partition coefficient (Wildman–Crippen LogP) is 3.09. The lowest BCUT2D eigenvalue weighted by Gasteiger charge is -2.10. The highest BCUT2D eigenvalue weighted by molar-refractivity contribution is 5.20. The van der Waals surface area contributed by atoms with Crippen LogP contribution in [0.25, 0.3) is 0 Å². The summed E-state index contributed by atoms with van der Waals surface area (Å²) in [6.45, 7) is 4.29. The van der Waals surface area contributed by atoms with Gasteiger partial charge in [-0.3, -0.25) is 9.78 Å². The summed E-state index contributed by atoms with van der Waals surface area (Å²) < 4.78 is 19.6. The van der Waals surface area contributed by atoms with E-state index >= 15 is 0 Å². The van der Waals surface area contributed by atoms with Gasteiger partial charge in [-0.1, -0.05) is 25.1 Å². The SMILES string of the molecule is CCCNCc1ccc(COn2ccc(OCc3ccc(F)cc3)cc2=O)nc1. The van der Waals surface area contributed by atoms with Crippen molar-refractivity contribution in [3.63, 3.8) is 0 Å². The standard InChI is InChI=1S/C22H24FN3O3/c1-2-10-24-13-18-5-8-20(25-14-18)16-29-26-11-9-21(12-22(26)27)28-15-17-3-6-19(23)7-4-17/h3-9,11-12,14,24H,2,10,13,15-16H2,1H3. The van der Waals surface area contributed by atoms with Gasteiger partial charge < -0.3 is 14.9 Å². The average molecular weight is 397 g/mol. The molecule has 0 fully saturated rings. The molecular weight excluding hydrogens is 373 g/mol. The molecule has 1 N–H and O–H groups in total. The Morgan fingerprint density at radius 3 is 2.55 bits per heavy atom. The maximum Gasteiger partial charge on any atom is 0.286 e. The van der Waals surface area contributed by atoms with Gasteiger partial charge in [-0.25, -0.2) is 4.39 Å². The van der Waals surface area contributed by atoms with Gasteiger partial charge in [-0.05, 0) is 42.3 Å². The van der Waals surface area contributed by atoms with E-state index in [0.29, 0.717) is 5.75 Å². The Hall–Kier alpha value is -3.19. The Bertz CT molecular complexity index is 956. The quantitative estimate of drug-likeness (QED) is 0.533. The van der Waals surface area contributed by atoms with Crippen molar-refractivity contribution in [3.05, 3.63) is 93.9 Å². The lowest BCUT2D eigenvalue weighted by atomic mass is 10.2. The Balaban J connectivity index is 1.51. The minimum Gasteiger partial charge on any atom is -0.489 e. The van der Waals surface area contributed by atoms with Crippen LogP contribution in [0.2, 0.25) is 0 Å². The molecule has 1 aromatic carbocycles. The maximum atomic E-state index is 12.9. The minimum absolute atomic E-state index is 0.179. The first-order valence-corrected chi connectivity index (χ1v) is 9.52. The second-order valence-electron chi connectivity index (χ2n) is 6.55. The molecule has 2 heterocycles. The smallest absolute Gasteiger partial charge is 0.286 e. The molecule has 0 saturated heterocycles. The fraction of sp³-hybridized carbons (Fsp3) is 0.273. The van der Waals surface area contributed by atoms with Crippen LogP contribution in [0.3, 0.4) is 0 Å². The summed E-state index contributed by atoms with van der Waals surface area (Å²) in [5.41, 5.74) is 2.29. The van der Waals surface area contributed by atoms with Gasteiger partial charge in [0.1, 0.15) is 18.2 Å². The molecule has 0 bridgehead atoms. The Morgan fingerprint density at radius 1 is 1.07 bits per heavy atom. The molecule has 3 aromatic rings. The van der Waals surface area contributed by atoms with Gasteiger partial charge in [0.05, 0.1) is 11.9 Å². The van der Waals surface area contributed by atoms with E-state index in [0.717, 1.165) is 41.1 Å². The van der Waals surface area contributed by atoms with E-state index in [1.807, 2.05) is 12.1 Å². The molecule has 0 radical (unpaired) electrons. The molecule has 3 rings (SSSR count). The van der Waals surface area contributed by atoms with Gasteiger partial charge in [-0.2, -0.15) is 4.73 Å². The molecule has 0 saturated carbocycles. The maximum absolute atomic E-state index is 12.9. The highest BCUT2D eigenvalue weighted by Crippen LogP contribution is 2.10. The molecule has 0 unspecified atom stereocenters. The van der Waals surface area contributed by atoms with Gasteiger partial charge in [0.2, 0.25) is 0 Å². The molecule has 0 atom stereocenters. The molecule has 0 aliphatic carbocycles. The van der Waals surface area contributed by atoms with E-state index in [1.54, 1.807) is 24.4 Å². The molecule has 0 spiro atoms. The number of ether oxygens (including phenoxy) is 1. The van der Waals surface area contributed by atoms with E-state index in [-0.39, 0.29) is 24.6 Å². The summed E-state index contributed by atoms with van der Waals surface area (Å²) in [7, 11) is 0. The zero-order valence-corrected chi connectivity index (χ0v) is 16.3. The summed E-state index contributed by atoms with van der Waals surface area (Å²) in [4.78, 5) is 22.1. The third-order valence-electron chi connectivity index (χ3n) is 4.17. The van der Waals surface area contributed by atoms with Gasteiger partial charge >= 0.3 is 0 Å². The van der Waals surface area contributed by atoms with Gasteiger partial charge in [-0.15, -0.1) is 0 Å². The first-order valence-electron chi connectivity index (χ1n) is 9.52. The highest BCUT2D eigenvalue weighted by Gasteiger charge is 2.03. The highest BCUT2D eigenvalue weighted by atomic mass is 19.1. The van der Waals surface area contributed by atoms with Crippen molar-refractivity contribution in [1.29, 1.82) is 0 Å². The lowest BCUT2D eigenvalue weighted by Crippen LogP contribution is -2.25. The van der Waals surface area contributed by atoms with E-state index < -0.39 is 0 Å². The first kappa shape index (κ1) is 20.5. The Labute approximate surface area is 168 Å². The van der Waals surface area contributed by atoms with Crippen LogP contribution in [0.15, 0.2) is 65.7 Å². The molecule has 0 amide bonds. The first-order chi connectivity index (χ1) is 14.1. The third kappa shape index (κ3) is 6.43. The Morgan fingerprint density at radius 2 is 1.86 bits per heavy atom. The van der Waals surface area contributed by atoms with Crippen LogP contribution >= 0.6 is 0 Å². The van der Waals surface area contributed by atoms with E-state index in [9.17, 15) is 9.18 Å². The van der Waals surface area contributed by atoms with Crippen LogP contribution in [0.5, 0.6) is 5.75 Å². The van der Waals surface area contributed by atoms with Crippen LogP contribution in [0.1, 0.15) is 30.2 Å². The second-order valence-corrected chi connectivity index (χ2v) is 6.55. The molecule has 152 valence electrons. The van der Waals surface area contributed by atoms with Crippen LogP contribution in [-0.2, 0) is 19.8 Å². The van der Waals surface area contributed by atoms with E-state index in [1.165, 1.54) is 24.4 Å². The number of halogens is 1. The van der Waals surface area contributed by atoms with Crippen molar-refractivity contribution in [2.75, 3.05) is 6.54 Å². The molecule has 0 aliphatic heterocycles. The number of pyridine rings is 2. The molecular formula is C22H24FN3O3. The van der Waals surface area contributed by atoms with Crippen molar-refractivity contribution in [2.24, 2.45) is 0 Å². The van der Waals surface area contributed by atoms with Crippen LogP contribution < -0.4 is 20.5 Å². The molecule has 6 nitrogen and oxygen atoms in total. The lowest BCUT2D eigenvalue weighted by molar-refractivity contribution is 0.0862. The molecule has 0 aliphatic rings. The predicted molar refractivity (Wildman–Crippen MR) is 108 cm³/mol. The van der Waals surface area contributed by atoms with Crippen molar-refractivity contribution < 1.29 is 14.0 Å². The number of hydrogen-bond acceptors (Lipinski definition) is 5. The number of rotatable bonds is 10.